The fraction of sp³-hybridized carbons (Fsp3) is 0.765. The fourth-order valence-corrected chi connectivity index (χ4v) is 5.87. The van der Waals surface area contributed by atoms with Crippen molar-refractivity contribution in [2.24, 2.45) is 10.9 Å². The molecule has 3 heterocycles. The van der Waals surface area contributed by atoms with Gasteiger partial charge in [0.05, 0.1) is 22.2 Å². The molecule has 0 bridgehead atoms. The van der Waals surface area contributed by atoms with Crippen molar-refractivity contribution in [3.63, 3.8) is 0 Å². The van der Waals surface area contributed by atoms with Crippen LogP contribution in [0.3, 0.4) is 0 Å². The smallest absolute Gasteiger partial charge is 0.191 e. The van der Waals surface area contributed by atoms with Crippen LogP contribution in [0.25, 0.3) is 0 Å². The molecule has 2 aliphatic rings. The second kappa shape index (κ2) is 8.67. The molecule has 2 N–H and O–H groups in total. The number of aryl methyl sites for hydroxylation is 1. The Labute approximate surface area is 160 Å². The van der Waals surface area contributed by atoms with E-state index in [1.807, 2.05) is 6.92 Å². The van der Waals surface area contributed by atoms with Gasteiger partial charge in [-0.05, 0) is 45.2 Å². The Morgan fingerprint density at radius 3 is 2.73 bits per heavy atom. The average molecular weight is 400 g/mol. The standard InChI is InChI=1S/C17H29N5O2S2/c1-13-20-16(11-25-13)10-22-6-3-14(4-7-22)9-19-17(18-2)21-15-5-8-26(23,24)12-15/h11,14-15H,3-10,12H2,1-2H3,(H2,18,19,21). The molecule has 9 heteroatoms. The van der Waals surface area contributed by atoms with Crippen molar-refractivity contribution in [3.05, 3.63) is 16.1 Å². The van der Waals surface area contributed by atoms with Gasteiger partial charge in [0, 0.05) is 31.6 Å². The minimum atomic E-state index is -2.87. The zero-order valence-electron chi connectivity index (χ0n) is 15.6. The molecular formula is C17H29N5O2S2. The lowest BCUT2D eigenvalue weighted by Gasteiger charge is -2.32. The number of likely N-dealkylation sites (tertiary alicyclic amines) is 1. The van der Waals surface area contributed by atoms with Crippen LogP contribution in [0.4, 0.5) is 0 Å². The minimum absolute atomic E-state index is 0.0189. The second-order valence-corrected chi connectivity index (χ2v) is 10.6. The summed E-state index contributed by atoms with van der Waals surface area (Å²) in [4.78, 5) is 11.3. The molecule has 1 unspecified atom stereocenters. The first kappa shape index (κ1) is 19.6. The van der Waals surface area contributed by atoms with Crippen molar-refractivity contribution in [2.75, 3.05) is 38.2 Å². The maximum Gasteiger partial charge on any atom is 0.191 e. The van der Waals surface area contributed by atoms with Gasteiger partial charge in [-0.25, -0.2) is 13.4 Å². The number of nitrogens with zero attached hydrogens (tertiary/aromatic N) is 3. The number of aromatic nitrogens is 1. The lowest BCUT2D eigenvalue weighted by Crippen LogP contribution is -2.46. The summed E-state index contributed by atoms with van der Waals surface area (Å²) in [6.45, 7) is 6.06. The molecule has 1 aromatic heterocycles. The van der Waals surface area contributed by atoms with Crippen LogP contribution in [-0.4, -0.2) is 68.5 Å². The minimum Gasteiger partial charge on any atom is -0.356 e. The van der Waals surface area contributed by atoms with Crippen LogP contribution in [0, 0.1) is 12.8 Å². The van der Waals surface area contributed by atoms with Gasteiger partial charge in [0.2, 0.25) is 0 Å². The van der Waals surface area contributed by atoms with Crippen LogP contribution >= 0.6 is 11.3 Å². The van der Waals surface area contributed by atoms with Gasteiger partial charge in [0.15, 0.2) is 15.8 Å². The summed E-state index contributed by atoms with van der Waals surface area (Å²) in [5, 5.41) is 9.91. The molecule has 1 atom stereocenters. The molecule has 0 aliphatic carbocycles. The number of rotatable bonds is 5. The summed E-state index contributed by atoms with van der Waals surface area (Å²) < 4.78 is 23.1. The van der Waals surface area contributed by atoms with E-state index < -0.39 is 9.84 Å². The monoisotopic (exact) mass is 399 g/mol. The molecule has 0 radical (unpaired) electrons. The van der Waals surface area contributed by atoms with Gasteiger partial charge in [-0.15, -0.1) is 11.3 Å². The van der Waals surface area contributed by atoms with Gasteiger partial charge in [-0.3, -0.25) is 9.89 Å². The van der Waals surface area contributed by atoms with Crippen LogP contribution in [0.5, 0.6) is 0 Å². The van der Waals surface area contributed by atoms with Gasteiger partial charge >= 0.3 is 0 Å². The van der Waals surface area contributed by atoms with Crippen LogP contribution in [0.2, 0.25) is 0 Å². The average Bonchev–Trinajstić information content (AvgIpc) is 3.17. The van der Waals surface area contributed by atoms with Gasteiger partial charge in [-0.1, -0.05) is 0 Å². The van der Waals surface area contributed by atoms with Gasteiger partial charge in [-0.2, -0.15) is 0 Å². The number of nitrogens with one attached hydrogen (secondary N) is 2. The highest BCUT2D eigenvalue weighted by atomic mass is 32.2. The molecule has 1 aromatic rings. The molecule has 0 amide bonds. The zero-order valence-corrected chi connectivity index (χ0v) is 17.2. The Bertz CT molecular complexity index is 723. The summed E-state index contributed by atoms with van der Waals surface area (Å²) in [6, 6.07) is -0.0189. The van der Waals surface area contributed by atoms with Crippen LogP contribution < -0.4 is 10.6 Å². The molecular weight excluding hydrogens is 370 g/mol. The SMILES string of the molecule is CN=C(NCC1CCN(Cc2csc(C)n2)CC1)NC1CCS(=O)(=O)C1. The van der Waals surface area contributed by atoms with E-state index in [2.05, 4.69) is 30.9 Å². The van der Waals surface area contributed by atoms with E-state index in [-0.39, 0.29) is 17.5 Å². The number of hydrogen-bond acceptors (Lipinski definition) is 6. The Morgan fingerprint density at radius 1 is 1.38 bits per heavy atom. The maximum absolute atomic E-state index is 11.6. The fourth-order valence-electron chi connectivity index (χ4n) is 3.60. The molecule has 0 spiro atoms. The number of hydrogen-bond donors (Lipinski definition) is 2. The summed E-state index contributed by atoms with van der Waals surface area (Å²) in [5.41, 5.74) is 1.18. The van der Waals surface area contributed by atoms with Crippen LogP contribution in [0.1, 0.15) is 30.0 Å². The summed E-state index contributed by atoms with van der Waals surface area (Å²) in [7, 11) is -1.14. The highest BCUT2D eigenvalue weighted by Gasteiger charge is 2.28. The van der Waals surface area contributed by atoms with E-state index in [9.17, 15) is 8.42 Å². The third-order valence-corrected chi connectivity index (χ3v) is 7.70. The first-order valence-corrected chi connectivity index (χ1v) is 11.9. The number of guanidine groups is 1. The number of aliphatic imine (C=N–C) groups is 1. The van der Waals surface area contributed by atoms with Crippen molar-refractivity contribution in [2.45, 2.75) is 38.8 Å². The van der Waals surface area contributed by atoms with Gasteiger partial charge < -0.3 is 10.6 Å². The molecule has 7 nitrogen and oxygen atoms in total. The van der Waals surface area contributed by atoms with Crippen molar-refractivity contribution in [3.8, 4) is 0 Å². The molecule has 2 fully saturated rings. The predicted molar refractivity (Wildman–Crippen MR) is 106 cm³/mol. The highest BCUT2D eigenvalue weighted by Crippen LogP contribution is 2.19. The summed E-state index contributed by atoms with van der Waals surface area (Å²) in [6.07, 6.45) is 2.98. The van der Waals surface area contributed by atoms with Gasteiger partial charge in [0.25, 0.3) is 0 Å². The van der Waals surface area contributed by atoms with Crippen molar-refractivity contribution >= 4 is 27.1 Å². The largest absolute Gasteiger partial charge is 0.356 e. The molecule has 26 heavy (non-hydrogen) atoms. The van der Waals surface area contributed by atoms with Crippen molar-refractivity contribution in [1.29, 1.82) is 0 Å². The molecule has 3 rings (SSSR count). The third kappa shape index (κ3) is 5.65. The zero-order chi connectivity index (χ0) is 18.6. The highest BCUT2D eigenvalue weighted by molar-refractivity contribution is 7.91. The van der Waals surface area contributed by atoms with E-state index in [0.29, 0.717) is 18.3 Å². The van der Waals surface area contributed by atoms with Crippen LogP contribution in [0.15, 0.2) is 10.4 Å². The molecule has 2 aliphatic heterocycles. The van der Waals surface area contributed by atoms with Crippen molar-refractivity contribution in [1.82, 2.24) is 20.5 Å². The number of sulfone groups is 1. The lowest BCUT2D eigenvalue weighted by molar-refractivity contribution is 0.176. The van der Waals surface area contributed by atoms with E-state index in [4.69, 9.17) is 0 Å². The first-order valence-electron chi connectivity index (χ1n) is 9.24. The van der Waals surface area contributed by atoms with E-state index >= 15 is 0 Å². The molecule has 0 aromatic carbocycles. The third-order valence-electron chi connectivity index (χ3n) is 5.11. The predicted octanol–water partition coefficient (Wildman–Crippen LogP) is 1.02. The quantitative estimate of drug-likeness (QED) is 0.568. The number of thiazole rings is 1. The molecule has 2 saturated heterocycles. The summed E-state index contributed by atoms with van der Waals surface area (Å²) >= 11 is 1.71. The summed E-state index contributed by atoms with van der Waals surface area (Å²) in [5.74, 6) is 1.82. The maximum atomic E-state index is 11.6. The molecule has 0 saturated carbocycles. The van der Waals surface area contributed by atoms with E-state index in [1.54, 1.807) is 18.4 Å². The normalized spacial score (nSPS) is 24.7. The Kier molecular flexibility index (Phi) is 6.52. The topological polar surface area (TPSA) is 86.7 Å². The van der Waals surface area contributed by atoms with Crippen molar-refractivity contribution < 1.29 is 8.42 Å². The van der Waals surface area contributed by atoms with E-state index in [0.717, 1.165) is 44.0 Å². The Hall–Kier alpha value is -1.19. The second-order valence-electron chi connectivity index (χ2n) is 7.27. The molecule has 146 valence electrons. The van der Waals surface area contributed by atoms with E-state index in [1.165, 1.54) is 5.69 Å². The number of piperidine rings is 1. The lowest BCUT2D eigenvalue weighted by atomic mass is 9.97. The Morgan fingerprint density at radius 2 is 2.15 bits per heavy atom. The van der Waals surface area contributed by atoms with Gasteiger partial charge in [0.1, 0.15) is 0 Å². The first-order chi connectivity index (χ1) is 12.4. The van der Waals surface area contributed by atoms with Crippen LogP contribution in [-0.2, 0) is 16.4 Å². The Balaban J connectivity index is 1.37.